The van der Waals surface area contributed by atoms with Crippen molar-refractivity contribution >= 4 is 17.2 Å². The second-order valence-electron chi connectivity index (χ2n) is 4.76. The number of likely N-dealkylation sites (tertiary alicyclic amines) is 1. The molecule has 0 aliphatic carbocycles. The molecule has 1 fully saturated rings. The van der Waals surface area contributed by atoms with Crippen molar-refractivity contribution in [2.75, 3.05) is 6.54 Å². The average molecular weight is 272 g/mol. The molecule has 1 amide bonds. The minimum absolute atomic E-state index is 0.161. The predicted octanol–water partition coefficient (Wildman–Crippen LogP) is 3.05. The molecule has 1 atom stereocenters. The van der Waals surface area contributed by atoms with Crippen LogP contribution in [0.15, 0.2) is 41.9 Å². The summed E-state index contributed by atoms with van der Waals surface area (Å²) in [7, 11) is 0. The van der Waals surface area contributed by atoms with E-state index in [4.69, 9.17) is 0 Å². The van der Waals surface area contributed by atoms with Crippen LogP contribution in [0.4, 0.5) is 0 Å². The third kappa shape index (κ3) is 2.68. The van der Waals surface area contributed by atoms with Crippen LogP contribution in [0.2, 0.25) is 0 Å². The number of carbonyl (C=O) groups excluding carboxylic acids is 1. The zero-order chi connectivity index (χ0) is 13.1. The van der Waals surface area contributed by atoms with Crippen LogP contribution in [-0.4, -0.2) is 22.3 Å². The van der Waals surface area contributed by atoms with Crippen LogP contribution < -0.4 is 0 Å². The first kappa shape index (κ1) is 12.4. The molecule has 0 spiro atoms. The maximum atomic E-state index is 12.4. The maximum Gasteiger partial charge on any atom is 0.228 e. The van der Waals surface area contributed by atoms with E-state index < -0.39 is 0 Å². The van der Waals surface area contributed by atoms with E-state index in [0.29, 0.717) is 6.42 Å². The van der Waals surface area contributed by atoms with Crippen molar-refractivity contribution in [1.29, 1.82) is 0 Å². The summed E-state index contributed by atoms with van der Waals surface area (Å²) in [5, 5.41) is 2.02. The maximum absolute atomic E-state index is 12.4. The molecule has 2 aromatic rings. The quantitative estimate of drug-likeness (QED) is 0.860. The first-order valence-corrected chi connectivity index (χ1v) is 7.45. The zero-order valence-electron chi connectivity index (χ0n) is 10.7. The molecule has 3 heterocycles. The average Bonchev–Trinajstić information content (AvgIpc) is 3.10. The lowest BCUT2D eigenvalue weighted by Gasteiger charge is -2.24. The molecule has 3 nitrogen and oxygen atoms in total. The molecule has 0 radical (unpaired) electrons. The van der Waals surface area contributed by atoms with Crippen LogP contribution in [0.25, 0.3) is 0 Å². The van der Waals surface area contributed by atoms with Crippen molar-refractivity contribution < 1.29 is 4.79 Å². The highest BCUT2D eigenvalue weighted by atomic mass is 32.1. The van der Waals surface area contributed by atoms with Crippen molar-refractivity contribution in [3.8, 4) is 0 Å². The normalized spacial score (nSPS) is 18.7. The fourth-order valence-electron chi connectivity index (χ4n) is 2.61. The Balaban J connectivity index is 1.74. The van der Waals surface area contributed by atoms with E-state index >= 15 is 0 Å². The summed E-state index contributed by atoms with van der Waals surface area (Å²) in [5.41, 5.74) is 1.01. The van der Waals surface area contributed by atoms with Crippen molar-refractivity contribution in [1.82, 2.24) is 9.88 Å². The standard InChI is InChI=1S/C15H16N2OS/c18-15(11-12-5-4-10-19-12)17-9-3-7-14(17)13-6-1-2-8-16-13/h1-2,4-6,8,10,14H,3,7,9,11H2/t14-/m0/s1. The largest absolute Gasteiger partial charge is 0.334 e. The third-order valence-electron chi connectivity index (χ3n) is 3.51. The van der Waals surface area contributed by atoms with Gasteiger partial charge >= 0.3 is 0 Å². The lowest BCUT2D eigenvalue weighted by molar-refractivity contribution is -0.131. The van der Waals surface area contributed by atoms with E-state index in [-0.39, 0.29) is 11.9 Å². The van der Waals surface area contributed by atoms with Gasteiger partial charge in [0.15, 0.2) is 0 Å². The number of thiophene rings is 1. The molecule has 0 N–H and O–H groups in total. The Kier molecular flexibility index (Phi) is 3.60. The predicted molar refractivity (Wildman–Crippen MR) is 75.9 cm³/mol. The smallest absolute Gasteiger partial charge is 0.228 e. The molecule has 98 valence electrons. The number of pyridine rings is 1. The second-order valence-corrected chi connectivity index (χ2v) is 5.79. The molecule has 19 heavy (non-hydrogen) atoms. The highest BCUT2D eigenvalue weighted by Gasteiger charge is 2.30. The lowest BCUT2D eigenvalue weighted by Crippen LogP contribution is -2.32. The third-order valence-corrected chi connectivity index (χ3v) is 4.38. The van der Waals surface area contributed by atoms with E-state index in [1.165, 1.54) is 0 Å². The fourth-order valence-corrected chi connectivity index (χ4v) is 3.31. The van der Waals surface area contributed by atoms with Crippen molar-refractivity contribution in [2.45, 2.75) is 25.3 Å². The number of hydrogen-bond acceptors (Lipinski definition) is 3. The van der Waals surface area contributed by atoms with Crippen LogP contribution in [0.3, 0.4) is 0 Å². The second kappa shape index (κ2) is 5.53. The van der Waals surface area contributed by atoms with Gasteiger partial charge in [-0.15, -0.1) is 11.3 Å². The van der Waals surface area contributed by atoms with Gasteiger partial charge in [0.25, 0.3) is 0 Å². The van der Waals surface area contributed by atoms with Gasteiger partial charge in [0, 0.05) is 17.6 Å². The first-order chi connectivity index (χ1) is 9.34. The van der Waals surface area contributed by atoms with E-state index in [1.54, 1.807) is 17.5 Å². The summed E-state index contributed by atoms with van der Waals surface area (Å²) < 4.78 is 0. The Bertz CT molecular complexity index is 539. The highest BCUT2D eigenvalue weighted by Crippen LogP contribution is 2.31. The van der Waals surface area contributed by atoms with Crippen LogP contribution in [0.1, 0.15) is 29.5 Å². The Labute approximate surface area is 116 Å². The lowest BCUT2D eigenvalue weighted by atomic mass is 10.1. The van der Waals surface area contributed by atoms with Gasteiger partial charge in [-0.2, -0.15) is 0 Å². The number of aromatic nitrogens is 1. The molecular weight excluding hydrogens is 256 g/mol. The van der Waals surface area contributed by atoms with E-state index in [9.17, 15) is 4.79 Å². The summed E-state index contributed by atoms with van der Waals surface area (Å²) in [6.07, 6.45) is 4.40. The van der Waals surface area contributed by atoms with Gasteiger partial charge in [0.2, 0.25) is 5.91 Å². The highest BCUT2D eigenvalue weighted by molar-refractivity contribution is 7.10. The Hall–Kier alpha value is -1.68. The SMILES string of the molecule is O=C(Cc1cccs1)N1CCC[C@H]1c1ccccn1. The molecule has 1 aliphatic heterocycles. The van der Waals surface area contributed by atoms with Crippen molar-refractivity contribution in [3.63, 3.8) is 0 Å². The summed E-state index contributed by atoms with van der Waals surface area (Å²) in [6.45, 7) is 0.853. The minimum Gasteiger partial charge on any atom is -0.334 e. The molecule has 0 saturated carbocycles. The van der Waals surface area contributed by atoms with Crippen LogP contribution in [0, 0.1) is 0 Å². The number of carbonyl (C=O) groups is 1. The molecule has 1 saturated heterocycles. The Morgan fingerprint density at radius 1 is 1.37 bits per heavy atom. The number of rotatable bonds is 3. The van der Waals surface area contributed by atoms with E-state index in [2.05, 4.69) is 4.98 Å². The first-order valence-electron chi connectivity index (χ1n) is 6.57. The molecule has 0 bridgehead atoms. The summed E-state index contributed by atoms with van der Waals surface area (Å²) in [5.74, 6) is 0.218. The van der Waals surface area contributed by atoms with E-state index in [0.717, 1.165) is 30.0 Å². The molecule has 1 aliphatic rings. The summed E-state index contributed by atoms with van der Waals surface area (Å²) in [6, 6.07) is 10.1. The van der Waals surface area contributed by atoms with Crippen molar-refractivity contribution in [2.24, 2.45) is 0 Å². The summed E-state index contributed by atoms with van der Waals surface area (Å²) in [4.78, 5) is 19.9. The van der Waals surface area contributed by atoms with Gasteiger partial charge in [-0.1, -0.05) is 12.1 Å². The van der Waals surface area contributed by atoms with Gasteiger partial charge in [0.05, 0.1) is 18.2 Å². The molecular formula is C15H16N2OS. The van der Waals surface area contributed by atoms with Gasteiger partial charge in [0.1, 0.15) is 0 Å². The topological polar surface area (TPSA) is 33.2 Å². The molecule has 2 aromatic heterocycles. The Morgan fingerprint density at radius 3 is 3.05 bits per heavy atom. The molecule has 3 rings (SSSR count). The molecule has 0 unspecified atom stereocenters. The van der Waals surface area contributed by atoms with Gasteiger partial charge in [-0.3, -0.25) is 9.78 Å². The number of nitrogens with zero attached hydrogens (tertiary/aromatic N) is 2. The molecule has 4 heteroatoms. The van der Waals surface area contributed by atoms with E-state index in [1.807, 2.05) is 40.6 Å². The number of hydrogen-bond donors (Lipinski definition) is 0. The monoisotopic (exact) mass is 272 g/mol. The number of amides is 1. The van der Waals surface area contributed by atoms with Crippen LogP contribution >= 0.6 is 11.3 Å². The molecule has 0 aromatic carbocycles. The van der Waals surface area contributed by atoms with Gasteiger partial charge in [-0.05, 0) is 36.4 Å². The van der Waals surface area contributed by atoms with Crippen LogP contribution in [-0.2, 0) is 11.2 Å². The van der Waals surface area contributed by atoms with Gasteiger partial charge < -0.3 is 4.90 Å². The summed E-state index contributed by atoms with van der Waals surface area (Å²) >= 11 is 1.64. The Morgan fingerprint density at radius 2 is 2.32 bits per heavy atom. The van der Waals surface area contributed by atoms with Gasteiger partial charge in [-0.25, -0.2) is 0 Å². The van der Waals surface area contributed by atoms with Crippen molar-refractivity contribution in [3.05, 3.63) is 52.5 Å². The fraction of sp³-hybridized carbons (Fsp3) is 0.333. The zero-order valence-corrected chi connectivity index (χ0v) is 11.5. The van der Waals surface area contributed by atoms with Crippen LogP contribution in [0.5, 0.6) is 0 Å². The minimum atomic E-state index is 0.161.